The van der Waals surface area contributed by atoms with Crippen molar-refractivity contribution >= 4 is 6.08 Å². The predicted molar refractivity (Wildman–Crippen MR) is 99.7 cm³/mol. The van der Waals surface area contributed by atoms with Crippen LogP contribution in [0.25, 0.3) is 6.08 Å². The van der Waals surface area contributed by atoms with Gasteiger partial charge in [-0.25, -0.2) is 0 Å². The van der Waals surface area contributed by atoms with Crippen molar-refractivity contribution in [2.75, 3.05) is 0 Å². The molecule has 2 heteroatoms. The Balaban J connectivity index is 2.15. The highest BCUT2D eigenvalue weighted by Gasteiger charge is 2.00. The van der Waals surface area contributed by atoms with Crippen molar-refractivity contribution in [3.05, 3.63) is 54.1 Å². The van der Waals surface area contributed by atoms with E-state index in [4.69, 9.17) is 0 Å². The molecular weight excluding hydrogens is 284 g/mol. The van der Waals surface area contributed by atoms with Gasteiger partial charge in [0.1, 0.15) is 11.5 Å². The van der Waals surface area contributed by atoms with Crippen molar-refractivity contribution in [1.29, 1.82) is 0 Å². The third-order valence-corrected chi connectivity index (χ3v) is 3.77. The Morgan fingerprint density at radius 3 is 2.09 bits per heavy atom. The molecule has 0 atom stereocenters. The zero-order valence-electron chi connectivity index (χ0n) is 14.2. The maximum atomic E-state index is 9.63. The number of hydrogen-bond acceptors (Lipinski definition) is 2. The lowest BCUT2D eigenvalue weighted by Crippen LogP contribution is -1.78. The van der Waals surface area contributed by atoms with Crippen LogP contribution in [-0.2, 0) is 0 Å². The third kappa shape index (κ3) is 8.92. The van der Waals surface area contributed by atoms with Gasteiger partial charge in [-0.3, -0.25) is 0 Å². The van der Waals surface area contributed by atoms with Crippen LogP contribution in [0.1, 0.15) is 63.9 Å². The second-order valence-corrected chi connectivity index (χ2v) is 5.79. The quantitative estimate of drug-likeness (QED) is 0.368. The molecule has 1 aromatic carbocycles. The van der Waals surface area contributed by atoms with E-state index < -0.39 is 0 Å². The Morgan fingerprint density at radius 2 is 1.39 bits per heavy atom. The second kappa shape index (κ2) is 12.6. The first kappa shape index (κ1) is 19.1. The molecule has 0 saturated heterocycles. The van der Waals surface area contributed by atoms with Crippen LogP contribution in [-0.4, -0.2) is 10.2 Å². The van der Waals surface area contributed by atoms with Crippen molar-refractivity contribution in [3.63, 3.8) is 0 Å². The molecule has 1 aromatic rings. The standard InChI is InChI=1S/C21H30O2/c1-2-3-4-5-6-7-8-9-10-11-12-13-14-16-19-20(22)17-15-18-21(19)23/h10-18,22-23H,2-9H2,1H3. The van der Waals surface area contributed by atoms with Gasteiger partial charge in [0.2, 0.25) is 0 Å². The Hall–Kier alpha value is -1.96. The monoisotopic (exact) mass is 314 g/mol. The summed E-state index contributed by atoms with van der Waals surface area (Å²) in [7, 11) is 0. The first-order valence-corrected chi connectivity index (χ1v) is 8.76. The van der Waals surface area contributed by atoms with Gasteiger partial charge in [0, 0.05) is 0 Å². The van der Waals surface area contributed by atoms with Crippen molar-refractivity contribution in [3.8, 4) is 11.5 Å². The third-order valence-electron chi connectivity index (χ3n) is 3.77. The molecule has 23 heavy (non-hydrogen) atoms. The highest BCUT2D eigenvalue weighted by molar-refractivity contribution is 5.64. The normalized spacial score (nSPS) is 12.0. The smallest absolute Gasteiger partial charge is 0.126 e. The van der Waals surface area contributed by atoms with E-state index in [1.165, 1.54) is 44.9 Å². The largest absolute Gasteiger partial charge is 0.507 e. The number of aromatic hydroxyl groups is 2. The molecule has 0 amide bonds. The van der Waals surface area contributed by atoms with Gasteiger partial charge >= 0.3 is 0 Å². The Morgan fingerprint density at radius 1 is 0.783 bits per heavy atom. The zero-order valence-corrected chi connectivity index (χ0v) is 14.2. The van der Waals surface area contributed by atoms with Crippen LogP contribution in [0.5, 0.6) is 11.5 Å². The van der Waals surface area contributed by atoms with Gasteiger partial charge < -0.3 is 10.2 Å². The lowest BCUT2D eigenvalue weighted by atomic mass is 10.1. The summed E-state index contributed by atoms with van der Waals surface area (Å²) < 4.78 is 0. The second-order valence-electron chi connectivity index (χ2n) is 5.79. The summed E-state index contributed by atoms with van der Waals surface area (Å²) in [6.45, 7) is 2.25. The van der Waals surface area contributed by atoms with Crippen LogP contribution >= 0.6 is 0 Å². The minimum absolute atomic E-state index is 0.0872. The molecule has 0 spiro atoms. The van der Waals surface area contributed by atoms with Crippen molar-refractivity contribution in [2.45, 2.75) is 58.3 Å². The van der Waals surface area contributed by atoms with Crippen LogP contribution in [0.2, 0.25) is 0 Å². The predicted octanol–water partition coefficient (Wildman–Crippen LogP) is 6.36. The minimum atomic E-state index is 0.0872. The molecule has 0 aromatic heterocycles. The summed E-state index contributed by atoms with van der Waals surface area (Å²) in [5, 5.41) is 19.3. The molecule has 0 bridgehead atoms. The first-order valence-electron chi connectivity index (χ1n) is 8.76. The topological polar surface area (TPSA) is 40.5 Å². The number of rotatable bonds is 11. The summed E-state index contributed by atoms with van der Waals surface area (Å²) >= 11 is 0. The van der Waals surface area contributed by atoms with Crippen LogP contribution < -0.4 is 0 Å². The maximum absolute atomic E-state index is 9.63. The fourth-order valence-corrected chi connectivity index (χ4v) is 2.39. The number of hydrogen-bond donors (Lipinski definition) is 2. The molecule has 2 nitrogen and oxygen atoms in total. The SMILES string of the molecule is CCCCCCCCCC=CC=CC=Cc1c(O)cccc1O. The van der Waals surface area contributed by atoms with Gasteiger partial charge in [-0.05, 0) is 31.1 Å². The van der Waals surface area contributed by atoms with E-state index in [2.05, 4.69) is 13.0 Å². The van der Waals surface area contributed by atoms with E-state index in [-0.39, 0.29) is 11.5 Å². The lowest BCUT2D eigenvalue weighted by Gasteiger charge is -2.00. The zero-order chi connectivity index (χ0) is 16.8. The molecule has 0 saturated carbocycles. The lowest BCUT2D eigenvalue weighted by molar-refractivity contribution is 0.448. The van der Waals surface area contributed by atoms with Crippen molar-refractivity contribution < 1.29 is 10.2 Å². The molecule has 1 rings (SSSR count). The Bertz CT molecular complexity index is 492. The van der Waals surface area contributed by atoms with E-state index in [0.29, 0.717) is 5.56 Å². The molecule has 0 aliphatic heterocycles. The molecule has 0 aliphatic carbocycles. The summed E-state index contributed by atoms with van der Waals surface area (Å²) in [5.41, 5.74) is 0.448. The van der Waals surface area contributed by atoms with Gasteiger partial charge in [0.05, 0.1) is 5.56 Å². The number of phenols is 2. The molecule has 2 N–H and O–H groups in total. The summed E-state index contributed by atoms with van der Waals surface area (Å²) in [4.78, 5) is 0. The maximum Gasteiger partial charge on any atom is 0.126 e. The molecule has 0 unspecified atom stereocenters. The van der Waals surface area contributed by atoms with Crippen LogP contribution in [0.15, 0.2) is 48.6 Å². The van der Waals surface area contributed by atoms with Crippen LogP contribution in [0, 0.1) is 0 Å². The van der Waals surface area contributed by atoms with E-state index in [1.54, 1.807) is 24.3 Å². The molecule has 126 valence electrons. The van der Waals surface area contributed by atoms with E-state index in [1.807, 2.05) is 24.3 Å². The molecule has 0 fully saturated rings. The fraction of sp³-hybridized carbons (Fsp3) is 0.429. The number of allylic oxidation sites excluding steroid dienone is 5. The van der Waals surface area contributed by atoms with Gasteiger partial charge in [0.15, 0.2) is 0 Å². The van der Waals surface area contributed by atoms with E-state index in [9.17, 15) is 10.2 Å². The van der Waals surface area contributed by atoms with Gasteiger partial charge in [-0.15, -0.1) is 0 Å². The van der Waals surface area contributed by atoms with Crippen molar-refractivity contribution in [1.82, 2.24) is 0 Å². The fourth-order valence-electron chi connectivity index (χ4n) is 2.39. The molecule has 0 heterocycles. The van der Waals surface area contributed by atoms with Crippen LogP contribution in [0.3, 0.4) is 0 Å². The molecule has 0 aliphatic rings. The average molecular weight is 314 g/mol. The number of phenolic OH excluding ortho intramolecular Hbond substituents is 2. The van der Waals surface area contributed by atoms with E-state index in [0.717, 1.165) is 6.42 Å². The number of unbranched alkanes of at least 4 members (excludes halogenated alkanes) is 7. The Labute approximate surface area is 140 Å². The number of benzene rings is 1. The summed E-state index contributed by atoms with van der Waals surface area (Å²) in [6.07, 6.45) is 22.1. The van der Waals surface area contributed by atoms with Gasteiger partial charge in [-0.1, -0.05) is 81.9 Å². The Kier molecular flexibility index (Phi) is 10.4. The van der Waals surface area contributed by atoms with Crippen molar-refractivity contribution in [2.24, 2.45) is 0 Å². The average Bonchev–Trinajstić information content (AvgIpc) is 2.54. The molecule has 0 radical (unpaired) electrons. The summed E-state index contributed by atoms with van der Waals surface area (Å²) in [5.74, 6) is 0.174. The molecular formula is C21H30O2. The van der Waals surface area contributed by atoms with Gasteiger partial charge in [-0.2, -0.15) is 0 Å². The first-order chi connectivity index (χ1) is 11.3. The summed E-state index contributed by atoms with van der Waals surface area (Å²) in [6, 6.07) is 4.74. The van der Waals surface area contributed by atoms with Crippen LogP contribution in [0.4, 0.5) is 0 Å². The highest BCUT2D eigenvalue weighted by atomic mass is 16.3. The van der Waals surface area contributed by atoms with E-state index >= 15 is 0 Å². The minimum Gasteiger partial charge on any atom is -0.507 e. The van der Waals surface area contributed by atoms with Gasteiger partial charge in [0.25, 0.3) is 0 Å². The highest BCUT2D eigenvalue weighted by Crippen LogP contribution is 2.27.